The van der Waals surface area contributed by atoms with Crippen molar-refractivity contribution in [2.24, 2.45) is 0 Å². The fourth-order valence-corrected chi connectivity index (χ4v) is 3.71. The summed E-state index contributed by atoms with van der Waals surface area (Å²) in [5.74, 6) is -0.310. The topological polar surface area (TPSA) is 85.1 Å². The van der Waals surface area contributed by atoms with Gasteiger partial charge in [0.15, 0.2) is 11.5 Å². The fourth-order valence-electron chi connectivity index (χ4n) is 3.71. The molecule has 0 saturated carbocycles. The van der Waals surface area contributed by atoms with Crippen molar-refractivity contribution in [1.29, 1.82) is 0 Å². The van der Waals surface area contributed by atoms with Gasteiger partial charge in [-0.1, -0.05) is 6.07 Å². The highest BCUT2D eigenvalue weighted by Crippen LogP contribution is 2.32. The van der Waals surface area contributed by atoms with Crippen molar-refractivity contribution in [1.82, 2.24) is 4.90 Å². The van der Waals surface area contributed by atoms with Crippen LogP contribution < -0.4 is 14.4 Å². The van der Waals surface area contributed by atoms with Crippen LogP contribution in [0, 0.1) is 10.1 Å². The summed E-state index contributed by atoms with van der Waals surface area (Å²) in [5.41, 5.74) is 1.41. The van der Waals surface area contributed by atoms with Gasteiger partial charge in [0, 0.05) is 38.8 Å². The van der Waals surface area contributed by atoms with Gasteiger partial charge >= 0.3 is 6.61 Å². The molecule has 0 aromatic heterocycles. The lowest BCUT2D eigenvalue weighted by molar-refractivity contribution is -0.384. The van der Waals surface area contributed by atoms with E-state index in [-0.39, 0.29) is 41.8 Å². The first-order valence-electron chi connectivity index (χ1n) is 10.3. The van der Waals surface area contributed by atoms with Crippen molar-refractivity contribution in [2.45, 2.75) is 32.9 Å². The highest BCUT2D eigenvalue weighted by atomic mass is 19.3. The number of ether oxygens (including phenoxy) is 2. The van der Waals surface area contributed by atoms with Crippen molar-refractivity contribution >= 4 is 17.3 Å². The molecule has 3 rings (SSSR count). The molecule has 1 saturated heterocycles. The number of carbonyl (C=O) groups excluding carboxylic acids is 1. The van der Waals surface area contributed by atoms with Gasteiger partial charge in [0.05, 0.1) is 22.8 Å². The van der Waals surface area contributed by atoms with E-state index < -0.39 is 11.5 Å². The summed E-state index contributed by atoms with van der Waals surface area (Å²) >= 11 is 0. The number of halogens is 2. The molecule has 0 aliphatic carbocycles. The number of rotatable bonds is 9. The van der Waals surface area contributed by atoms with Crippen molar-refractivity contribution in [2.75, 3.05) is 31.6 Å². The number of non-ortho nitro benzene ring substituents is 1. The van der Waals surface area contributed by atoms with E-state index in [0.717, 1.165) is 25.9 Å². The molecular weight excluding hydrogens is 424 g/mol. The molecule has 1 aliphatic rings. The molecule has 0 N–H and O–H groups in total. The molecule has 8 nitrogen and oxygen atoms in total. The van der Waals surface area contributed by atoms with E-state index in [1.165, 1.54) is 23.1 Å². The van der Waals surface area contributed by atoms with Gasteiger partial charge in [0.1, 0.15) is 0 Å². The Morgan fingerprint density at radius 1 is 1.19 bits per heavy atom. The Kier molecular flexibility index (Phi) is 7.45. The molecule has 1 amide bonds. The molecule has 10 heteroatoms. The molecule has 0 radical (unpaired) electrons. The Morgan fingerprint density at radius 3 is 2.53 bits per heavy atom. The number of benzene rings is 2. The highest BCUT2D eigenvalue weighted by molar-refractivity contribution is 6.00. The van der Waals surface area contributed by atoms with Crippen LogP contribution in [0.5, 0.6) is 11.5 Å². The number of amides is 1. The molecule has 1 fully saturated rings. The smallest absolute Gasteiger partial charge is 0.387 e. The maximum atomic E-state index is 13.2. The van der Waals surface area contributed by atoms with Gasteiger partial charge in [-0.25, -0.2) is 0 Å². The fraction of sp³-hybridized carbons (Fsp3) is 0.409. The maximum Gasteiger partial charge on any atom is 0.387 e. The van der Waals surface area contributed by atoms with Gasteiger partial charge in [-0.15, -0.1) is 0 Å². The van der Waals surface area contributed by atoms with Gasteiger partial charge in [-0.3, -0.25) is 14.9 Å². The number of hydrogen-bond donors (Lipinski definition) is 0. The summed E-state index contributed by atoms with van der Waals surface area (Å²) in [6.07, 6.45) is 1.99. The van der Waals surface area contributed by atoms with Crippen molar-refractivity contribution < 1.29 is 28.0 Å². The summed E-state index contributed by atoms with van der Waals surface area (Å²) in [7, 11) is 1.58. The van der Waals surface area contributed by atoms with Crippen LogP contribution in [0.4, 0.5) is 20.2 Å². The molecule has 2 aromatic carbocycles. The van der Waals surface area contributed by atoms with Gasteiger partial charge < -0.3 is 19.3 Å². The largest absolute Gasteiger partial charge is 0.490 e. The molecule has 0 bridgehead atoms. The number of hydrogen-bond acceptors (Lipinski definition) is 6. The van der Waals surface area contributed by atoms with E-state index in [9.17, 15) is 23.7 Å². The second-order valence-electron chi connectivity index (χ2n) is 7.41. The van der Waals surface area contributed by atoms with E-state index in [1.54, 1.807) is 32.2 Å². The third kappa shape index (κ3) is 5.43. The number of alkyl halides is 2. The van der Waals surface area contributed by atoms with Gasteiger partial charge in [0.25, 0.3) is 11.6 Å². The van der Waals surface area contributed by atoms with E-state index in [4.69, 9.17) is 4.74 Å². The first-order chi connectivity index (χ1) is 15.3. The SMILES string of the molecule is CCOc1cc(CN(C)C(=O)c2cc([N+](=O)[O-])ccc2N2CCCC2)ccc1OC(F)F. The molecule has 0 unspecified atom stereocenters. The van der Waals surface area contributed by atoms with Crippen LogP contribution in [-0.4, -0.2) is 49.1 Å². The van der Waals surface area contributed by atoms with Crippen LogP contribution in [0.25, 0.3) is 0 Å². The summed E-state index contributed by atoms with van der Waals surface area (Å²) in [4.78, 5) is 27.5. The van der Waals surface area contributed by atoms with Crippen LogP contribution in [0.2, 0.25) is 0 Å². The zero-order valence-corrected chi connectivity index (χ0v) is 17.9. The molecule has 172 valence electrons. The summed E-state index contributed by atoms with van der Waals surface area (Å²) in [6.45, 7) is 0.704. The quantitative estimate of drug-likeness (QED) is 0.415. The van der Waals surface area contributed by atoms with Crippen LogP contribution in [0.1, 0.15) is 35.7 Å². The highest BCUT2D eigenvalue weighted by Gasteiger charge is 2.25. The van der Waals surface area contributed by atoms with Crippen LogP contribution in [0.3, 0.4) is 0 Å². The third-order valence-corrected chi connectivity index (χ3v) is 5.16. The minimum atomic E-state index is -2.98. The molecule has 1 heterocycles. The summed E-state index contributed by atoms with van der Waals surface area (Å²) < 4.78 is 35.1. The van der Waals surface area contributed by atoms with Crippen LogP contribution in [-0.2, 0) is 6.54 Å². The first kappa shape index (κ1) is 23.2. The van der Waals surface area contributed by atoms with Gasteiger partial charge in [-0.2, -0.15) is 8.78 Å². The maximum absolute atomic E-state index is 13.2. The zero-order valence-electron chi connectivity index (χ0n) is 17.9. The zero-order chi connectivity index (χ0) is 23.3. The van der Waals surface area contributed by atoms with Crippen LogP contribution in [0.15, 0.2) is 36.4 Å². The lowest BCUT2D eigenvalue weighted by atomic mass is 10.1. The van der Waals surface area contributed by atoms with Gasteiger partial charge in [0.2, 0.25) is 0 Å². The van der Waals surface area contributed by atoms with Gasteiger partial charge in [-0.05, 0) is 43.5 Å². The lowest BCUT2D eigenvalue weighted by Crippen LogP contribution is -2.29. The predicted octanol–water partition coefficient (Wildman–Crippen LogP) is 4.47. The van der Waals surface area contributed by atoms with Crippen molar-refractivity contribution in [3.63, 3.8) is 0 Å². The van der Waals surface area contributed by atoms with E-state index in [2.05, 4.69) is 9.64 Å². The van der Waals surface area contributed by atoms with Crippen molar-refractivity contribution in [3.8, 4) is 11.5 Å². The Bertz CT molecular complexity index is 980. The van der Waals surface area contributed by atoms with Crippen molar-refractivity contribution in [3.05, 3.63) is 57.6 Å². The standard InChI is InChI=1S/C22H25F2N3O5/c1-3-31-20-12-15(6-9-19(20)32-22(23)24)14-25(2)21(28)17-13-16(27(29)30)7-8-18(17)26-10-4-5-11-26/h6-9,12-13,22H,3-5,10-11,14H2,1-2H3. The Labute approximate surface area is 184 Å². The molecule has 32 heavy (non-hydrogen) atoms. The Morgan fingerprint density at radius 2 is 1.91 bits per heavy atom. The molecule has 0 atom stereocenters. The molecule has 1 aliphatic heterocycles. The minimum absolute atomic E-state index is 0.0883. The average Bonchev–Trinajstić information content (AvgIpc) is 3.29. The first-order valence-corrected chi connectivity index (χ1v) is 10.3. The van der Waals surface area contributed by atoms with E-state index in [1.807, 2.05) is 0 Å². The number of anilines is 1. The monoisotopic (exact) mass is 449 g/mol. The number of nitro benzene ring substituents is 1. The van der Waals surface area contributed by atoms with Crippen LogP contribution >= 0.6 is 0 Å². The minimum Gasteiger partial charge on any atom is -0.490 e. The van der Waals surface area contributed by atoms with E-state index >= 15 is 0 Å². The number of carbonyl (C=O) groups is 1. The van der Waals surface area contributed by atoms with E-state index in [0.29, 0.717) is 11.3 Å². The Hall–Kier alpha value is -3.43. The molecule has 2 aromatic rings. The predicted molar refractivity (Wildman–Crippen MR) is 115 cm³/mol. The number of nitrogens with zero attached hydrogens (tertiary/aromatic N) is 3. The number of nitro groups is 1. The lowest BCUT2D eigenvalue weighted by Gasteiger charge is -2.24. The summed E-state index contributed by atoms with van der Waals surface area (Å²) in [5, 5.41) is 11.3. The second kappa shape index (κ2) is 10.3. The Balaban J connectivity index is 1.86. The third-order valence-electron chi connectivity index (χ3n) is 5.16. The second-order valence-corrected chi connectivity index (χ2v) is 7.41. The summed E-state index contributed by atoms with van der Waals surface area (Å²) in [6, 6.07) is 8.80. The average molecular weight is 449 g/mol. The molecular formula is C22H25F2N3O5. The molecule has 0 spiro atoms. The normalized spacial score (nSPS) is 13.3.